The molecule has 0 bridgehead atoms. The molecule has 2 unspecified atom stereocenters. The number of hydrogen-bond acceptors (Lipinski definition) is 3. The molecule has 20 heavy (non-hydrogen) atoms. The van der Waals surface area contributed by atoms with Crippen LogP contribution in [-0.4, -0.2) is 17.9 Å². The molecular weight excluding hydrogens is 254 g/mol. The Morgan fingerprint density at radius 3 is 2.60 bits per heavy atom. The van der Waals surface area contributed by atoms with Crippen molar-refractivity contribution in [3.8, 4) is 0 Å². The van der Waals surface area contributed by atoms with Gasteiger partial charge in [0.2, 0.25) is 11.8 Å². The standard InChI is InChI=1S/C15H19N3O2/c1-9-3-6-13(8-14(9)17-10(2)19)18-15(20)11-4-5-12(16)7-11/h3-6,8,11-12H,7,16H2,1-2H3,(H,17,19)(H,18,20). The van der Waals surface area contributed by atoms with Crippen LogP contribution in [0.4, 0.5) is 11.4 Å². The SMILES string of the molecule is CC(=O)Nc1cc(NC(=O)C2C=CC(N)C2)ccc1C. The van der Waals surface area contributed by atoms with Crippen molar-refractivity contribution < 1.29 is 9.59 Å². The molecule has 0 spiro atoms. The van der Waals surface area contributed by atoms with Gasteiger partial charge >= 0.3 is 0 Å². The topological polar surface area (TPSA) is 84.2 Å². The molecule has 4 N–H and O–H groups in total. The molecule has 1 aliphatic rings. The number of carbonyl (C=O) groups excluding carboxylic acids is 2. The highest BCUT2D eigenvalue weighted by atomic mass is 16.2. The molecule has 0 aromatic heterocycles. The maximum atomic E-state index is 12.1. The van der Waals surface area contributed by atoms with E-state index in [0.29, 0.717) is 17.8 Å². The van der Waals surface area contributed by atoms with Gasteiger partial charge in [0, 0.05) is 24.3 Å². The highest BCUT2D eigenvalue weighted by Gasteiger charge is 2.22. The molecule has 0 heterocycles. The van der Waals surface area contributed by atoms with Gasteiger partial charge in [-0.1, -0.05) is 18.2 Å². The zero-order valence-electron chi connectivity index (χ0n) is 11.6. The van der Waals surface area contributed by atoms with Crippen LogP contribution in [0, 0.1) is 12.8 Å². The van der Waals surface area contributed by atoms with Gasteiger partial charge in [0.05, 0.1) is 5.92 Å². The van der Waals surface area contributed by atoms with Crippen LogP contribution in [0.5, 0.6) is 0 Å². The lowest BCUT2D eigenvalue weighted by Crippen LogP contribution is -2.24. The summed E-state index contributed by atoms with van der Waals surface area (Å²) >= 11 is 0. The average molecular weight is 273 g/mol. The van der Waals surface area contributed by atoms with Crippen LogP contribution >= 0.6 is 0 Å². The summed E-state index contributed by atoms with van der Waals surface area (Å²) in [5.74, 6) is -0.399. The first-order valence-electron chi connectivity index (χ1n) is 6.58. The van der Waals surface area contributed by atoms with Gasteiger partial charge in [-0.05, 0) is 31.0 Å². The number of hydrogen-bond donors (Lipinski definition) is 3. The van der Waals surface area contributed by atoms with Crippen molar-refractivity contribution in [2.75, 3.05) is 10.6 Å². The average Bonchev–Trinajstić information content (AvgIpc) is 2.79. The maximum Gasteiger partial charge on any atom is 0.231 e. The van der Waals surface area contributed by atoms with E-state index >= 15 is 0 Å². The summed E-state index contributed by atoms with van der Waals surface area (Å²) in [6.45, 7) is 3.35. The first-order chi connectivity index (χ1) is 9.45. The van der Waals surface area contributed by atoms with E-state index in [2.05, 4.69) is 10.6 Å². The fourth-order valence-corrected chi connectivity index (χ4v) is 2.18. The monoisotopic (exact) mass is 273 g/mol. The number of carbonyl (C=O) groups is 2. The van der Waals surface area contributed by atoms with Gasteiger partial charge in [0.25, 0.3) is 0 Å². The molecule has 2 atom stereocenters. The van der Waals surface area contributed by atoms with E-state index in [1.54, 1.807) is 6.07 Å². The molecule has 0 saturated heterocycles. The first-order valence-corrected chi connectivity index (χ1v) is 6.58. The Kier molecular flexibility index (Phi) is 4.20. The van der Waals surface area contributed by atoms with Crippen molar-refractivity contribution in [1.82, 2.24) is 0 Å². The van der Waals surface area contributed by atoms with Gasteiger partial charge in [0.1, 0.15) is 0 Å². The number of anilines is 2. The Balaban J connectivity index is 2.08. The Morgan fingerprint density at radius 2 is 2.00 bits per heavy atom. The number of benzene rings is 1. The van der Waals surface area contributed by atoms with Gasteiger partial charge < -0.3 is 16.4 Å². The van der Waals surface area contributed by atoms with E-state index in [9.17, 15) is 9.59 Å². The third kappa shape index (κ3) is 3.45. The Bertz CT molecular complexity index is 566. The summed E-state index contributed by atoms with van der Waals surface area (Å²) in [6.07, 6.45) is 4.32. The van der Waals surface area contributed by atoms with Gasteiger partial charge in [-0.2, -0.15) is 0 Å². The largest absolute Gasteiger partial charge is 0.326 e. The van der Waals surface area contributed by atoms with Crippen molar-refractivity contribution >= 4 is 23.2 Å². The lowest BCUT2D eigenvalue weighted by molar-refractivity contribution is -0.118. The smallest absolute Gasteiger partial charge is 0.231 e. The van der Waals surface area contributed by atoms with Crippen LogP contribution in [0.25, 0.3) is 0 Å². The van der Waals surface area contributed by atoms with Gasteiger partial charge in [-0.15, -0.1) is 0 Å². The second-order valence-electron chi connectivity index (χ2n) is 5.09. The number of nitrogens with two attached hydrogens (primary N) is 1. The summed E-state index contributed by atoms with van der Waals surface area (Å²) < 4.78 is 0. The molecule has 106 valence electrons. The number of aryl methyl sites for hydroxylation is 1. The summed E-state index contributed by atoms with van der Waals surface area (Å²) in [5, 5.41) is 5.59. The molecule has 0 radical (unpaired) electrons. The predicted molar refractivity (Wildman–Crippen MR) is 79.3 cm³/mol. The molecule has 0 fully saturated rings. The van der Waals surface area contributed by atoms with Crippen LogP contribution in [0.1, 0.15) is 18.9 Å². The lowest BCUT2D eigenvalue weighted by atomic mass is 10.1. The molecular formula is C15H19N3O2. The van der Waals surface area contributed by atoms with Crippen LogP contribution in [0.2, 0.25) is 0 Å². The van der Waals surface area contributed by atoms with E-state index in [0.717, 1.165) is 5.56 Å². The molecule has 5 heteroatoms. The number of amides is 2. The minimum Gasteiger partial charge on any atom is -0.326 e. The molecule has 0 saturated carbocycles. The number of nitrogens with one attached hydrogen (secondary N) is 2. The van der Waals surface area contributed by atoms with Gasteiger partial charge in [0.15, 0.2) is 0 Å². The van der Waals surface area contributed by atoms with Crippen LogP contribution in [0.3, 0.4) is 0 Å². The summed E-state index contributed by atoms with van der Waals surface area (Å²) in [4.78, 5) is 23.2. The third-order valence-electron chi connectivity index (χ3n) is 3.27. The Hall–Kier alpha value is -2.14. The van der Waals surface area contributed by atoms with Crippen LogP contribution in [-0.2, 0) is 9.59 Å². The molecule has 2 amide bonds. The fourth-order valence-electron chi connectivity index (χ4n) is 2.18. The number of rotatable bonds is 3. The highest BCUT2D eigenvalue weighted by molar-refractivity contribution is 5.96. The zero-order chi connectivity index (χ0) is 14.7. The van der Waals surface area contributed by atoms with Crippen LogP contribution in [0.15, 0.2) is 30.4 Å². The van der Waals surface area contributed by atoms with Crippen molar-refractivity contribution in [3.05, 3.63) is 35.9 Å². The molecule has 5 nitrogen and oxygen atoms in total. The van der Waals surface area contributed by atoms with Gasteiger partial charge in [-0.25, -0.2) is 0 Å². The normalized spacial score (nSPS) is 20.8. The fraction of sp³-hybridized carbons (Fsp3) is 0.333. The molecule has 1 aliphatic carbocycles. The van der Waals surface area contributed by atoms with Crippen molar-refractivity contribution in [1.29, 1.82) is 0 Å². The predicted octanol–water partition coefficient (Wildman–Crippen LogP) is 1.80. The zero-order valence-corrected chi connectivity index (χ0v) is 11.6. The summed E-state index contributed by atoms with van der Waals surface area (Å²) in [5.41, 5.74) is 8.05. The summed E-state index contributed by atoms with van der Waals surface area (Å²) in [6, 6.07) is 5.39. The van der Waals surface area contributed by atoms with Gasteiger partial charge in [-0.3, -0.25) is 9.59 Å². The highest BCUT2D eigenvalue weighted by Crippen LogP contribution is 2.23. The minimum atomic E-state index is -0.185. The molecule has 1 aromatic carbocycles. The quantitative estimate of drug-likeness (QED) is 0.734. The van der Waals surface area contributed by atoms with E-state index in [1.165, 1.54) is 6.92 Å². The van der Waals surface area contributed by atoms with E-state index < -0.39 is 0 Å². The molecule has 2 rings (SSSR count). The minimum absolute atomic E-state index is 0.0429. The second-order valence-corrected chi connectivity index (χ2v) is 5.09. The molecule has 0 aliphatic heterocycles. The third-order valence-corrected chi connectivity index (χ3v) is 3.27. The lowest BCUT2D eigenvalue weighted by Gasteiger charge is -2.13. The van der Waals surface area contributed by atoms with Crippen molar-refractivity contribution in [2.45, 2.75) is 26.3 Å². The molecule has 1 aromatic rings. The summed E-state index contributed by atoms with van der Waals surface area (Å²) in [7, 11) is 0. The maximum absolute atomic E-state index is 12.1. The van der Waals surface area contributed by atoms with Crippen LogP contribution < -0.4 is 16.4 Å². The van der Waals surface area contributed by atoms with E-state index in [1.807, 2.05) is 31.2 Å². The second kappa shape index (κ2) is 5.88. The van der Waals surface area contributed by atoms with Crippen molar-refractivity contribution in [2.24, 2.45) is 11.7 Å². The first kappa shape index (κ1) is 14.3. The Morgan fingerprint density at radius 1 is 1.25 bits per heavy atom. The van der Waals surface area contributed by atoms with Crippen molar-refractivity contribution in [3.63, 3.8) is 0 Å². The van der Waals surface area contributed by atoms with E-state index in [-0.39, 0.29) is 23.8 Å². The Labute approximate surface area is 118 Å². The van der Waals surface area contributed by atoms with E-state index in [4.69, 9.17) is 5.73 Å².